The van der Waals surface area contributed by atoms with Gasteiger partial charge in [-0.1, -0.05) is 44.1 Å². The summed E-state index contributed by atoms with van der Waals surface area (Å²) in [7, 11) is 0. The molecule has 18 heavy (non-hydrogen) atoms. The zero-order chi connectivity index (χ0) is 13.0. The smallest absolute Gasteiger partial charge is 0.106 e. The van der Waals surface area contributed by atoms with E-state index in [1.165, 1.54) is 32.1 Å². The van der Waals surface area contributed by atoms with Gasteiger partial charge in [-0.25, -0.2) is 0 Å². The number of hydrogen-bond donors (Lipinski definition) is 2. The van der Waals surface area contributed by atoms with Gasteiger partial charge in [0.25, 0.3) is 0 Å². The highest BCUT2D eigenvalue weighted by molar-refractivity contribution is 7.80. The van der Waals surface area contributed by atoms with Gasteiger partial charge in [0.2, 0.25) is 0 Å². The van der Waals surface area contributed by atoms with Gasteiger partial charge >= 0.3 is 0 Å². The highest BCUT2D eigenvalue weighted by atomic mass is 32.1. The highest BCUT2D eigenvalue weighted by Gasteiger charge is 2.17. The Kier molecular flexibility index (Phi) is 4.59. The third-order valence-corrected chi connectivity index (χ3v) is 4.03. The zero-order valence-electron chi connectivity index (χ0n) is 11.0. The first-order chi connectivity index (χ1) is 8.66. The van der Waals surface area contributed by atoms with Crippen LogP contribution in [0.2, 0.25) is 0 Å². The third kappa shape index (κ3) is 3.45. The lowest BCUT2D eigenvalue weighted by molar-refractivity contribution is 0.502. The Balaban J connectivity index is 2.06. The molecule has 0 heterocycles. The molecule has 1 fully saturated rings. The number of rotatable bonds is 3. The fourth-order valence-electron chi connectivity index (χ4n) is 2.68. The normalized spacial score (nSPS) is 24.3. The van der Waals surface area contributed by atoms with Gasteiger partial charge in [0.05, 0.1) is 0 Å². The third-order valence-electron chi connectivity index (χ3n) is 3.81. The lowest BCUT2D eigenvalue weighted by Gasteiger charge is -2.20. The van der Waals surface area contributed by atoms with Crippen LogP contribution in [-0.4, -0.2) is 11.0 Å². The largest absolute Gasteiger partial charge is 0.389 e. The van der Waals surface area contributed by atoms with Gasteiger partial charge in [-0.3, -0.25) is 0 Å². The van der Waals surface area contributed by atoms with Gasteiger partial charge in [-0.15, -0.1) is 0 Å². The first-order valence-corrected chi connectivity index (χ1v) is 7.23. The van der Waals surface area contributed by atoms with Gasteiger partial charge in [0.1, 0.15) is 4.99 Å². The number of nitrogens with one attached hydrogen (secondary N) is 1. The summed E-state index contributed by atoms with van der Waals surface area (Å²) in [4.78, 5) is 0.472. The Labute approximate surface area is 115 Å². The minimum absolute atomic E-state index is 0.472. The molecule has 0 amide bonds. The van der Waals surface area contributed by atoms with Crippen molar-refractivity contribution in [2.45, 2.75) is 45.1 Å². The molecular formula is C15H22N2S. The van der Waals surface area contributed by atoms with Crippen molar-refractivity contribution in [3.8, 4) is 0 Å². The molecular weight excluding hydrogens is 240 g/mol. The van der Waals surface area contributed by atoms with E-state index in [0.717, 1.165) is 17.2 Å². The quantitative estimate of drug-likeness (QED) is 0.644. The average Bonchev–Trinajstić information content (AvgIpc) is 2.55. The zero-order valence-corrected chi connectivity index (χ0v) is 11.8. The second kappa shape index (κ2) is 6.19. The summed E-state index contributed by atoms with van der Waals surface area (Å²) in [5.74, 6) is 0.864. The summed E-state index contributed by atoms with van der Waals surface area (Å²) in [6.45, 7) is 2.35. The molecule has 1 aromatic rings. The van der Waals surface area contributed by atoms with E-state index in [0.29, 0.717) is 11.0 Å². The van der Waals surface area contributed by atoms with Crippen molar-refractivity contribution in [3.63, 3.8) is 0 Å². The first-order valence-electron chi connectivity index (χ1n) is 6.82. The molecule has 3 heteroatoms. The van der Waals surface area contributed by atoms with E-state index in [4.69, 9.17) is 18.0 Å². The van der Waals surface area contributed by atoms with Gasteiger partial charge in [0.15, 0.2) is 0 Å². The highest BCUT2D eigenvalue weighted by Crippen LogP contribution is 2.26. The molecule has 0 aliphatic heterocycles. The van der Waals surface area contributed by atoms with Crippen LogP contribution in [0.1, 0.15) is 44.6 Å². The summed E-state index contributed by atoms with van der Waals surface area (Å²) >= 11 is 5.10. The number of anilines is 1. The van der Waals surface area contributed by atoms with Crippen molar-refractivity contribution in [2.75, 3.05) is 5.32 Å². The number of benzene rings is 1. The molecule has 0 bridgehead atoms. The summed E-state index contributed by atoms with van der Waals surface area (Å²) in [5.41, 5.74) is 7.81. The van der Waals surface area contributed by atoms with Crippen LogP contribution in [0.4, 0.5) is 5.69 Å². The summed E-state index contributed by atoms with van der Waals surface area (Å²) in [6, 6.07) is 8.64. The maximum absolute atomic E-state index is 5.76. The van der Waals surface area contributed by atoms with E-state index in [9.17, 15) is 0 Å². The molecule has 0 aromatic heterocycles. The Morgan fingerprint density at radius 1 is 1.22 bits per heavy atom. The Hall–Kier alpha value is -1.09. The van der Waals surface area contributed by atoms with E-state index < -0.39 is 0 Å². The average molecular weight is 262 g/mol. The van der Waals surface area contributed by atoms with Gasteiger partial charge < -0.3 is 11.1 Å². The molecule has 0 spiro atoms. The Bertz CT molecular complexity index is 417. The number of thiocarbonyl (C=S) groups is 1. The lowest BCUT2D eigenvalue weighted by atomic mass is 10.0. The standard InChI is InChI=1S/C15H22N2S/c1-11-5-4-6-12(10-9-11)17-14-8-3-2-7-13(14)15(16)18/h2-3,7-8,11-12,17H,4-6,9-10H2,1H3,(H2,16,18). The number of hydrogen-bond acceptors (Lipinski definition) is 2. The van der Waals surface area contributed by atoms with E-state index >= 15 is 0 Å². The molecule has 2 atom stereocenters. The predicted molar refractivity (Wildman–Crippen MR) is 82.0 cm³/mol. The van der Waals surface area contributed by atoms with E-state index in [1.54, 1.807) is 0 Å². The Morgan fingerprint density at radius 3 is 2.78 bits per heavy atom. The molecule has 1 aliphatic carbocycles. The fourth-order valence-corrected chi connectivity index (χ4v) is 2.85. The van der Waals surface area contributed by atoms with Crippen LogP contribution in [0.3, 0.4) is 0 Å². The summed E-state index contributed by atoms with van der Waals surface area (Å²) in [6.07, 6.45) is 6.47. The lowest BCUT2D eigenvalue weighted by Crippen LogP contribution is -2.21. The summed E-state index contributed by atoms with van der Waals surface area (Å²) < 4.78 is 0. The second-order valence-corrected chi connectivity index (χ2v) is 5.80. The van der Waals surface area contributed by atoms with Crippen LogP contribution in [0.5, 0.6) is 0 Å². The minimum atomic E-state index is 0.472. The van der Waals surface area contributed by atoms with Gasteiger partial charge in [0, 0.05) is 17.3 Å². The molecule has 0 saturated heterocycles. The van der Waals surface area contributed by atoms with Crippen molar-refractivity contribution in [1.29, 1.82) is 0 Å². The Morgan fingerprint density at radius 2 is 2.00 bits per heavy atom. The molecule has 0 radical (unpaired) electrons. The minimum Gasteiger partial charge on any atom is -0.389 e. The number of para-hydroxylation sites is 1. The van der Waals surface area contributed by atoms with E-state index in [-0.39, 0.29) is 0 Å². The van der Waals surface area contributed by atoms with Gasteiger partial charge in [-0.2, -0.15) is 0 Å². The van der Waals surface area contributed by atoms with Gasteiger partial charge in [-0.05, 0) is 37.3 Å². The molecule has 98 valence electrons. The number of nitrogens with two attached hydrogens (primary N) is 1. The van der Waals surface area contributed by atoms with Crippen LogP contribution in [0.15, 0.2) is 24.3 Å². The molecule has 2 unspecified atom stereocenters. The van der Waals surface area contributed by atoms with Crippen molar-refractivity contribution in [3.05, 3.63) is 29.8 Å². The van der Waals surface area contributed by atoms with Crippen molar-refractivity contribution in [2.24, 2.45) is 11.7 Å². The molecule has 2 rings (SSSR count). The topological polar surface area (TPSA) is 38.0 Å². The predicted octanol–water partition coefficient (Wildman–Crippen LogP) is 3.70. The maximum Gasteiger partial charge on any atom is 0.106 e. The van der Waals surface area contributed by atoms with Crippen molar-refractivity contribution < 1.29 is 0 Å². The second-order valence-electron chi connectivity index (χ2n) is 5.36. The molecule has 1 saturated carbocycles. The van der Waals surface area contributed by atoms with Crippen LogP contribution in [0, 0.1) is 5.92 Å². The molecule has 2 nitrogen and oxygen atoms in total. The molecule has 1 aliphatic rings. The molecule has 3 N–H and O–H groups in total. The van der Waals surface area contributed by atoms with Crippen LogP contribution < -0.4 is 11.1 Å². The maximum atomic E-state index is 5.76. The van der Waals surface area contributed by atoms with E-state index in [1.807, 2.05) is 18.2 Å². The molecule has 1 aromatic carbocycles. The summed E-state index contributed by atoms with van der Waals surface area (Å²) in [5, 5.41) is 3.62. The van der Waals surface area contributed by atoms with Crippen molar-refractivity contribution >= 4 is 22.9 Å². The van der Waals surface area contributed by atoms with Crippen molar-refractivity contribution in [1.82, 2.24) is 0 Å². The van der Waals surface area contributed by atoms with Crippen LogP contribution >= 0.6 is 12.2 Å². The first kappa shape index (κ1) is 13.3. The monoisotopic (exact) mass is 262 g/mol. The van der Waals surface area contributed by atoms with E-state index in [2.05, 4.69) is 18.3 Å². The fraction of sp³-hybridized carbons (Fsp3) is 0.533. The SMILES string of the molecule is CC1CCCC(Nc2ccccc2C(N)=S)CC1. The van der Waals surface area contributed by atoms with Crippen LogP contribution in [0.25, 0.3) is 0 Å². The van der Waals surface area contributed by atoms with Crippen LogP contribution in [-0.2, 0) is 0 Å².